The Kier molecular flexibility index (Phi) is 8.12. The molecule has 10 heteroatoms. The summed E-state index contributed by atoms with van der Waals surface area (Å²) in [6.45, 7) is 2.21. The Bertz CT molecular complexity index is 1320. The van der Waals surface area contributed by atoms with Crippen LogP contribution in [0.15, 0.2) is 71.6 Å². The number of sulfonamides is 1. The van der Waals surface area contributed by atoms with E-state index in [2.05, 4.69) is 4.90 Å². The molecule has 0 aromatic heterocycles. The largest absolute Gasteiger partial charge is 0.454 e. The summed E-state index contributed by atoms with van der Waals surface area (Å²) in [5.74, 6) is 0.535. The highest BCUT2D eigenvalue weighted by Crippen LogP contribution is 2.44. The molecule has 0 aliphatic carbocycles. The van der Waals surface area contributed by atoms with Crippen LogP contribution in [-0.4, -0.2) is 44.6 Å². The molecule has 0 spiro atoms. The molecule has 2 heterocycles. The number of hydrogen-bond acceptors (Lipinski definition) is 5. The summed E-state index contributed by atoms with van der Waals surface area (Å²) in [7, 11) is -3.86. The molecule has 0 saturated carbocycles. The number of benzene rings is 3. The van der Waals surface area contributed by atoms with Crippen LogP contribution in [0.2, 0.25) is 5.02 Å². The number of halogens is 3. The van der Waals surface area contributed by atoms with Crippen LogP contribution in [0.1, 0.15) is 24.5 Å². The predicted molar refractivity (Wildman–Crippen MR) is 140 cm³/mol. The van der Waals surface area contributed by atoms with Gasteiger partial charge in [-0.05, 0) is 79.9 Å². The van der Waals surface area contributed by atoms with Crippen molar-refractivity contribution < 1.29 is 22.7 Å². The Morgan fingerprint density at radius 2 is 1.72 bits per heavy atom. The third kappa shape index (κ3) is 5.48. The predicted octanol–water partition coefficient (Wildman–Crippen LogP) is 5.65. The first-order chi connectivity index (χ1) is 16.8. The topological polar surface area (TPSA) is 70.1 Å². The molecule has 2 aliphatic rings. The van der Waals surface area contributed by atoms with Gasteiger partial charge in [0.2, 0.25) is 0 Å². The SMILES string of the molecule is Cl.O=S1(=O)c2ccccc2Oc2ccc(Cl)cc2N1CC1CCN(C[C@H](O)c2ccc(F)cc2)CC1. The molecule has 2 aliphatic heterocycles. The molecular weight excluding hydrogens is 526 g/mol. The number of hydrogen-bond donors (Lipinski definition) is 1. The fraction of sp³-hybridized carbons (Fsp3) is 0.308. The Balaban J connectivity index is 0.00000304. The van der Waals surface area contributed by atoms with Crippen molar-refractivity contribution in [2.24, 2.45) is 5.92 Å². The van der Waals surface area contributed by atoms with E-state index in [1.54, 1.807) is 54.6 Å². The second kappa shape index (κ2) is 10.9. The van der Waals surface area contributed by atoms with Gasteiger partial charge in [0.15, 0.2) is 5.75 Å². The van der Waals surface area contributed by atoms with Crippen LogP contribution >= 0.6 is 24.0 Å². The van der Waals surface area contributed by atoms with Crippen LogP contribution in [-0.2, 0) is 10.0 Å². The molecule has 6 nitrogen and oxygen atoms in total. The van der Waals surface area contributed by atoms with E-state index in [1.165, 1.54) is 16.4 Å². The number of rotatable bonds is 5. The molecule has 36 heavy (non-hydrogen) atoms. The Morgan fingerprint density at radius 3 is 2.44 bits per heavy atom. The lowest BCUT2D eigenvalue weighted by Gasteiger charge is -2.35. The maximum atomic E-state index is 13.7. The molecule has 3 aromatic rings. The fourth-order valence-corrected chi connectivity index (χ4v) is 6.53. The molecular formula is C26H27Cl2FN2O4S. The minimum atomic E-state index is -3.86. The highest BCUT2D eigenvalue weighted by Gasteiger charge is 2.36. The lowest BCUT2D eigenvalue weighted by atomic mass is 9.96. The van der Waals surface area contributed by atoms with Gasteiger partial charge in [-0.2, -0.15) is 0 Å². The van der Waals surface area contributed by atoms with Crippen molar-refractivity contribution >= 4 is 39.7 Å². The number of likely N-dealkylation sites (tertiary alicyclic amines) is 1. The van der Waals surface area contributed by atoms with E-state index in [0.717, 1.165) is 25.9 Å². The zero-order chi connectivity index (χ0) is 24.6. The first-order valence-electron chi connectivity index (χ1n) is 11.6. The standard InChI is InChI=1S/C26H26ClFN2O4S.ClH/c27-20-7-10-24-22(15-20)30(35(32,33)26-4-2-1-3-25(26)34-24)16-18-11-13-29(14-12-18)17-23(31)19-5-8-21(28)9-6-19;/h1-10,15,18,23,31H,11-14,16-17H2;1H/t23-;/m0./s1. The van der Waals surface area contributed by atoms with Crippen LogP contribution in [0.5, 0.6) is 11.5 Å². The average Bonchev–Trinajstić information content (AvgIpc) is 2.93. The van der Waals surface area contributed by atoms with Gasteiger partial charge in [0.05, 0.1) is 11.8 Å². The lowest BCUT2D eigenvalue weighted by molar-refractivity contribution is 0.0904. The second-order valence-corrected chi connectivity index (χ2v) is 11.3. The molecule has 192 valence electrons. The van der Waals surface area contributed by atoms with Crippen LogP contribution in [0.4, 0.5) is 10.1 Å². The molecule has 0 bridgehead atoms. The fourth-order valence-electron chi connectivity index (χ4n) is 4.70. The van der Waals surface area contributed by atoms with Gasteiger partial charge in [-0.25, -0.2) is 12.8 Å². The summed E-state index contributed by atoms with van der Waals surface area (Å²) in [5.41, 5.74) is 1.11. The van der Waals surface area contributed by atoms with Gasteiger partial charge in [-0.1, -0.05) is 35.9 Å². The van der Waals surface area contributed by atoms with Gasteiger partial charge in [-0.3, -0.25) is 4.31 Å². The zero-order valence-electron chi connectivity index (χ0n) is 19.4. The van der Waals surface area contributed by atoms with E-state index in [1.807, 2.05) is 0 Å². The molecule has 0 radical (unpaired) electrons. The second-order valence-electron chi connectivity index (χ2n) is 9.01. The minimum absolute atomic E-state index is 0. The van der Waals surface area contributed by atoms with Gasteiger partial charge < -0.3 is 14.7 Å². The lowest BCUT2D eigenvalue weighted by Crippen LogP contribution is -2.42. The first kappa shape index (κ1) is 26.7. The Labute approximate surface area is 221 Å². The number of para-hydroxylation sites is 1. The van der Waals surface area contributed by atoms with Crippen LogP contribution in [0.25, 0.3) is 0 Å². The number of β-amino-alcohol motifs (C(OH)–C–C–N with tert-alkyl or cyclic N) is 1. The number of ether oxygens (including phenoxy) is 1. The van der Waals surface area contributed by atoms with Crippen molar-refractivity contribution in [2.45, 2.75) is 23.8 Å². The number of aliphatic hydroxyl groups excluding tert-OH is 1. The van der Waals surface area contributed by atoms with Crippen molar-refractivity contribution in [1.29, 1.82) is 0 Å². The Morgan fingerprint density at radius 1 is 1.03 bits per heavy atom. The highest BCUT2D eigenvalue weighted by molar-refractivity contribution is 7.93. The van der Waals surface area contributed by atoms with E-state index in [-0.39, 0.29) is 29.0 Å². The molecule has 3 aromatic carbocycles. The quantitative estimate of drug-likeness (QED) is 0.443. The van der Waals surface area contributed by atoms with E-state index in [9.17, 15) is 17.9 Å². The molecule has 1 saturated heterocycles. The number of nitrogens with zero attached hydrogens (tertiary/aromatic N) is 2. The van der Waals surface area contributed by atoms with Crippen molar-refractivity contribution in [3.63, 3.8) is 0 Å². The van der Waals surface area contributed by atoms with Crippen molar-refractivity contribution in [1.82, 2.24) is 4.90 Å². The zero-order valence-corrected chi connectivity index (χ0v) is 21.8. The van der Waals surface area contributed by atoms with Gasteiger partial charge in [-0.15, -0.1) is 12.4 Å². The van der Waals surface area contributed by atoms with Gasteiger partial charge >= 0.3 is 0 Å². The average molecular weight is 553 g/mol. The first-order valence-corrected chi connectivity index (χ1v) is 13.4. The third-order valence-corrected chi connectivity index (χ3v) is 8.70. The Hall–Kier alpha value is -2.36. The van der Waals surface area contributed by atoms with Crippen LogP contribution in [0.3, 0.4) is 0 Å². The van der Waals surface area contributed by atoms with E-state index in [0.29, 0.717) is 40.9 Å². The summed E-state index contributed by atoms with van der Waals surface area (Å²) in [5, 5.41) is 11.0. The third-order valence-electron chi connectivity index (χ3n) is 6.64. The molecule has 1 atom stereocenters. The highest BCUT2D eigenvalue weighted by atomic mass is 35.5. The number of anilines is 1. The minimum Gasteiger partial charge on any atom is -0.454 e. The van der Waals surface area contributed by atoms with Crippen molar-refractivity contribution in [2.75, 3.05) is 30.5 Å². The molecule has 0 amide bonds. The molecule has 5 rings (SSSR count). The molecule has 1 fully saturated rings. The van der Waals surface area contributed by atoms with E-state index < -0.39 is 16.1 Å². The van der Waals surface area contributed by atoms with E-state index >= 15 is 0 Å². The molecule has 1 N–H and O–H groups in total. The smallest absolute Gasteiger partial charge is 0.268 e. The normalized spacial score (nSPS) is 18.2. The van der Waals surface area contributed by atoms with Gasteiger partial charge in [0, 0.05) is 18.1 Å². The number of piperidine rings is 1. The summed E-state index contributed by atoms with van der Waals surface area (Å²) in [4.78, 5) is 2.29. The maximum Gasteiger partial charge on any atom is 0.268 e. The van der Waals surface area contributed by atoms with Crippen molar-refractivity contribution in [3.05, 3.63) is 83.1 Å². The maximum absolute atomic E-state index is 13.7. The number of fused-ring (bicyclic) bond motifs is 2. The summed E-state index contributed by atoms with van der Waals surface area (Å²) in [6, 6.07) is 17.5. The summed E-state index contributed by atoms with van der Waals surface area (Å²) >= 11 is 6.24. The van der Waals surface area contributed by atoms with E-state index in [4.69, 9.17) is 16.3 Å². The van der Waals surface area contributed by atoms with Crippen LogP contribution in [0, 0.1) is 11.7 Å². The van der Waals surface area contributed by atoms with Gasteiger partial charge in [0.25, 0.3) is 10.0 Å². The van der Waals surface area contributed by atoms with Crippen LogP contribution < -0.4 is 9.04 Å². The van der Waals surface area contributed by atoms with Crippen molar-refractivity contribution in [3.8, 4) is 11.5 Å². The monoisotopic (exact) mass is 552 g/mol. The number of aliphatic hydroxyl groups is 1. The summed E-state index contributed by atoms with van der Waals surface area (Å²) < 4.78 is 48.0. The molecule has 0 unspecified atom stereocenters. The summed E-state index contributed by atoms with van der Waals surface area (Å²) in [6.07, 6.45) is 0.849. The van der Waals surface area contributed by atoms with Gasteiger partial charge in [0.1, 0.15) is 16.5 Å².